The van der Waals surface area contributed by atoms with Gasteiger partial charge in [0.2, 0.25) is 0 Å². The molecule has 80 heavy (non-hydrogen) atoms. The molecule has 4 nitrogen and oxygen atoms in total. The van der Waals surface area contributed by atoms with Crippen molar-refractivity contribution in [2.24, 2.45) is 0 Å². The molecule has 0 fully saturated rings. The fourth-order valence-corrected chi connectivity index (χ4v) is 13.8. The summed E-state index contributed by atoms with van der Waals surface area (Å²) in [6.07, 6.45) is 0. The van der Waals surface area contributed by atoms with Crippen molar-refractivity contribution in [2.45, 2.75) is 78.6 Å². The summed E-state index contributed by atoms with van der Waals surface area (Å²) in [5.74, 6) is 0. The quantitative estimate of drug-likeness (QED) is 0.148. The highest BCUT2D eigenvalue weighted by atomic mass is 32.1. The van der Waals surface area contributed by atoms with Crippen LogP contribution in [0, 0.1) is 0 Å². The SMILES string of the molecule is CC(C)(C)c1ccc(N(c2ccc3c(c2)N(c2cccc4c2oc2ccccc24)c2cc(-c4ccccc4)cc4c2B3c2sc3ccc(C(C)(C)C)cc3c2N4c2ccc(C(C)(C)C)cc2)c2ccccc2-c2ccccc2)cc1. The molecule has 0 unspecified atom stereocenters. The van der Waals surface area contributed by atoms with E-state index in [1.165, 1.54) is 53.9 Å². The van der Waals surface area contributed by atoms with E-state index in [2.05, 4.69) is 301 Å². The van der Waals surface area contributed by atoms with Crippen molar-refractivity contribution in [1.82, 2.24) is 0 Å². The van der Waals surface area contributed by atoms with Gasteiger partial charge in [-0.1, -0.05) is 208 Å². The molecule has 10 aromatic carbocycles. The van der Waals surface area contributed by atoms with Crippen LogP contribution in [-0.2, 0) is 16.2 Å². The zero-order chi connectivity index (χ0) is 54.8. The molecular formula is C74H64BN3OS. The van der Waals surface area contributed by atoms with E-state index in [0.29, 0.717) is 0 Å². The van der Waals surface area contributed by atoms with E-state index in [1.54, 1.807) is 0 Å². The highest BCUT2D eigenvalue weighted by Crippen LogP contribution is 2.53. The summed E-state index contributed by atoms with van der Waals surface area (Å²) in [4.78, 5) is 7.63. The van der Waals surface area contributed by atoms with Gasteiger partial charge in [-0.3, -0.25) is 0 Å². The average Bonchev–Trinajstić information content (AvgIpc) is 2.39. The van der Waals surface area contributed by atoms with E-state index in [4.69, 9.17) is 4.42 Å². The second-order valence-corrected chi connectivity index (χ2v) is 26.1. The monoisotopic (exact) mass is 1050 g/mol. The number of anilines is 9. The van der Waals surface area contributed by atoms with Gasteiger partial charge >= 0.3 is 0 Å². The largest absolute Gasteiger partial charge is 0.454 e. The maximum absolute atomic E-state index is 7.10. The molecule has 0 saturated heterocycles. The van der Waals surface area contributed by atoms with Crippen LogP contribution in [0.1, 0.15) is 79.0 Å². The molecule has 6 heteroatoms. The number of hydrogen-bond acceptors (Lipinski definition) is 5. The van der Waals surface area contributed by atoms with Crippen LogP contribution in [0.15, 0.2) is 229 Å². The Labute approximate surface area is 475 Å². The van der Waals surface area contributed by atoms with Crippen molar-refractivity contribution in [1.29, 1.82) is 0 Å². The first kappa shape index (κ1) is 49.7. The third-order valence-corrected chi connectivity index (χ3v) is 17.9. The van der Waals surface area contributed by atoms with Gasteiger partial charge in [0.05, 0.1) is 17.1 Å². The van der Waals surface area contributed by atoms with Crippen LogP contribution < -0.4 is 30.4 Å². The Hall–Kier alpha value is -8.58. The van der Waals surface area contributed by atoms with Gasteiger partial charge in [0.15, 0.2) is 5.58 Å². The van der Waals surface area contributed by atoms with Gasteiger partial charge in [0, 0.05) is 65.3 Å². The van der Waals surface area contributed by atoms with Gasteiger partial charge in [-0.15, -0.1) is 11.3 Å². The van der Waals surface area contributed by atoms with Crippen molar-refractivity contribution in [3.63, 3.8) is 0 Å². The first-order chi connectivity index (χ1) is 38.6. The lowest BCUT2D eigenvalue weighted by atomic mass is 9.36. The number of thiophene rings is 1. The topological polar surface area (TPSA) is 22.9 Å². The summed E-state index contributed by atoms with van der Waals surface area (Å²) in [7, 11) is 0. The fraction of sp³-hybridized carbons (Fsp3) is 0.162. The fourth-order valence-electron chi connectivity index (χ4n) is 12.5. The Balaban J connectivity index is 1.11. The zero-order valence-electron chi connectivity index (χ0n) is 47.1. The van der Waals surface area contributed by atoms with Gasteiger partial charge < -0.3 is 19.1 Å². The molecule has 12 aromatic rings. The first-order valence-corrected chi connectivity index (χ1v) is 29.0. The molecule has 0 bridgehead atoms. The zero-order valence-corrected chi connectivity index (χ0v) is 47.9. The predicted molar refractivity (Wildman–Crippen MR) is 345 cm³/mol. The van der Waals surface area contributed by atoms with Crippen molar-refractivity contribution in [2.75, 3.05) is 14.7 Å². The second kappa shape index (κ2) is 18.5. The van der Waals surface area contributed by atoms with E-state index in [-0.39, 0.29) is 23.0 Å². The Kier molecular flexibility index (Phi) is 11.5. The molecular weight excluding hydrogens is 990 g/mol. The minimum atomic E-state index is -0.105. The molecule has 0 amide bonds. The minimum absolute atomic E-state index is 0.00438. The van der Waals surface area contributed by atoms with E-state index in [0.717, 1.165) is 84.0 Å². The lowest BCUT2D eigenvalue weighted by Gasteiger charge is -2.44. The van der Waals surface area contributed by atoms with Crippen molar-refractivity contribution >= 4 is 117 Å². The van der Waals surface area contributed by atoms with Crippen LogP contribution >= 0.6 is 11.3 Å². The average molecular weight is 1050 g/mol. The first-order valence-electron chi connectivity index (χ1n) is 28.2. The molecule has 390 valence electrons. The van der Waals surface area contributed by atoms with Crippen molar-refractivity contribution < 1.29 is 4.42 Å². The van der Waals surface area contributed by atoms with Crippen LogP contribution in [0.25, 0.3) is 54.3 Å². The minimum Gasteiger partial charge on any atom is -0.454 e. The van der Waals surface area contributed by atoms with Gasteiger partial charge in [-0.05, 0) is 139 Å². The number of nitrogens with zero attached hydrogens (tertiary/aromatic N) is 3. The molecule has 4 heterocycles. The van der Waals surface area contributed by atoms with Gasteiger partial charge in [0.1, 0.15) is 5.58 Å². The van der Waals surface area contributed by atoms with Gasteiger partial charge in [-0.25, -0.2) is 0 Å². The summed E-state index contributed by atoms with van der Waals surface area (Å²) in [5.41, 5.74) is 22.8. The Bertz CT molecular complexity index is 4360. The molecule has 0 saturated carbocycles. The molecule has 0 aliphatic carbocycles. The van der Waals surface area contributed by atoms with E-state index < -0.39 is 0 Å². The highest BCUT2D eigenvalue weighted by Gasteiger charge is 2.46. The Morgan fingerprint density at radius 1 is 0.425 bits per heavy atom. The van der Waals surface area contributed by atoms with Crippen molar-refractivity contribution in [3.05, 3.63) is 241 Å². The third kappa shape index (κ3) is 8.17. The summed E-state index contributed by atoms with van der Waals surface area (Å²) < 4.78 is 9.73. The van der Waals surface area contributed by atoms with Crippen molar-refractivity contribution in [3.8, 4) is 22.3 Å². The molecule has 0 N–H and O–H groups in total. The lowest BCUT2D eigenvalue weighted by Crippen LogP contribution is -2.60. The number of benzene rings is 10. The van der Waals surface area contributed by atoms with Crippen LogP contribution in [0.4, 0.5) is 51.2 Å². The number of para-hydroxylation sites is 3. The molecule has 2 aromatic heterocycles. The maximum atomic E-state index is 7.10. The number of fused-ring (bicyclic) bond motifs is 9. The molecule has 14 rings (SSSR count). The number of rotatable bonds is 7. The van der Waals surface area contributed by atoms with Crippen LogP contribution in [0.5, 0.6) is 0 Å². The summed E-state index contributed by atoms with van der Waals surface area (Å²) in [5, 5.41) is 3.47. The highest BCUT2D eigenvalue weighted by molar-refractivity contribution is 7.33. The summed E-state index contributed by atoms with van der Waals surface area (Å²) in [6.45, 7) is 20.7. The van der Waals surface area contributed by atoms with Crippen LogP contribution in [-0.4, -0.2) is 6.71 Å². The van der Waals surface area contributed by atoms with Gasteiger partial charge in [0.25, 0.3) is 6.71 Å². The van der Waals surface area contributed by atoms with Crippen LogP contribution in [0.3, 0.4) is 0 Å². The smallest absolute Gasteiger partial charge is 0.264 e. The molecule has 0 atom stereocenters. The Morgan fingerprint density at radius 2 is 1.01 bits per heavy atom. The van der Waals surface area contributed by atoms with Gasteiger partial charge in [-0.2, -0.15) is 0 Å². The molecule has 0 spiro atoms. The standard InChI is InChI=1S/C74H64BN3OS/c1-72(2,3)50-31-36-53(37-32-50)76(61-28-18-16-25-56(61)48-23-14-11-15-24-48)55-40-41-60-63(46-55)78(62-29-20-27-58-57-26-17-19-30-66(57)79-70(58)62)65-44-49(47-21-12-10-13-22-47)43-64-68(65)75(60)71-69(59-45-52(74(7,8)9)35-42-67(59)80-71)77(64)54-38-33-51(34-39-54)73(4,5)6/h10-46H,1-9H3. The predicted octanol–water partition coefficient (Wildman–Crippen LogP) is 19.6. The third-order valence-electron chi connectivity index (χ3n) is 16.7. The number of furan rings is 1. The van der Waals surface area contributed by atoms with E-state index >= 15 is 0 Å². The summed E-state index contributed by atoms with van der Waals surface area (Å²) >= 11 is 1.95. The molecule has 2 aliphatic rings. The Morgan fingerprint density at radius 3 is 1.71 bits per heavy atom. The second-order valence-electron chi connectivity index (χ2n) is 25.0. The molecule has 2 aliphatic heterocycles. The summed E-state index contributed by atoms with van der Waals surface area (Å²) in [6, 6.07) is 83.9. The lowest BCUT2D eigenvalue weighted by molar-refractivity contribution is 0.590. The van der Waals surface area contributed by atoms with E-state index in [9.17, 15) is 0 Å². The normalized spacial score (nSPS) is 13.2. The molecule has 0 radical (unpaired) electrons. The maximum Gasteiger partial charge on any atom is 0.264 e. The van der Waals surface area contributed by atoms with Crippen LogP contribution in [0.2, 0.25) is 0 Å². The number of hydrogen-bond donors (Lipinski definition) is 0. The van der Waals surface area contributed by atoms with E-state index in [1.807, 2.05) is 11.3 Å².